The van der Waals surface area contributed by atoms with Crippen molar-refractivity contribution in [1.82, 2.24) is 9.97 Å². The monoisotopic (exact) mass is 198 g/mol. The maximum absolute atomic E-state index is 11.2. The third kappa shape index (κ3) is 1.29. The summed E-state index contributed by atoms with van der Waals surface area (Å²) < 4.78 is 27.4. The first-order chi connectivity index (χ1) is 6.09. The van der Waals surface area contributed by atoms with Gasteiger partial charge < -0.3 is 4.42 Å². The van der Waals surface area contributed by atoms with Crippen molar-refractivity contribution in [2.24, 2.45) is 0 Å². The van der Waals surface area contributed by atoms with E-state index in [2.05, 4.69) is 9.97 Å². The highest BCUT2D eigenvalue weighted by atomic mass is 32.2. The molecule has 2 rings (SSSR count). The second-order valence-electron chi connectivity index (χ2n) is 2.59. The Labute approximate surface area is 74.3 Å². The normalized spacial score (nSPS) is 12.1. The Bertz CT molecular complexity index is 544. The molecule has 0 saturated carbocycles. The summed E-state index contributed by atoms with van der Waals surface area (Å²) in [4.78, 5) is 7.50. The van der Waals surface area contributed by atoms with E-state index >= 15 is 0 Å². The molecule has 0 unspecified atom stereocenters. The first-order valence-corrected chi connectivity index (χ1v) is 5.36. The molecule has 13 heavy (non-hydrogen) atoms. The topological polar surface area (TPSA) is 73.1 Å². The van der Waals surface area contributed by atoms with Crippen LogP contribution < -0.4 is 0 Å². The second kappa shape index (κ2) is 2.53. The Morgan fingerprint density at radius 1 is 1.38 bits per heavy atom. The number of sulfone groups is 1. The van der Waals surface area contributed by atoms with E-state index in [9.17, 15) is 8.42 Å². The zero-order valence-corrected chi connectivity index (χ0v) is 7.58. The molecule has 0 bridgehead atoms. The van der Waals surface area contributed by atoms with Gasteiger partial charge in [-0.05, 0) is 0 Å². The van der Waals surface area contributed by atoms with E-state index in [0.29, 0.717) is 5.52 Å². The van der Waals surface area contributed by atoms with Crippen molar-refractivity contribution < 1.29 is 12.8 Å². The minimum Gasteiger partial charge on any atom is -0.460 e. The van der Waals surface area contributed by atoms with E-state index in [4.69, 9.17) is 4.42 Å². The molecule has 2 aromatic rings. The van der Waals surface area contributed by atoms with Gasteiger partial charge in [0, 0.05) is 12.3 Å². The maximum atomic E-state index is 11.2. The minimum atomic E-state index is -3.34. The molecule has 0 aliphatic heterocycles. The van der Waals surface area contributed by atoms with Crippen molar-refractivity contribution >= 4 is 20.9 Å². The molecule has 5 nitrogen and oxygen atoms in total. The van der Waals surface area contributed by atoms with Crippen LogP contribution in [0.4, 0.5) is 0 Å². The van der Waals surface area contributed by atoms with Gasteiger partial charge in [0.1, 0.15) is 11.8 Å². The summed E-state index contributed by atoms with van der Waals surface area (Å²) in [6.07, 6.45) is 3.67. The zero-order chi connectivity index (χ0) is 9.47. The molecule has 0 spiro atoms. The largest absolute Gasteiger partial charge is 0.460 e. The van der Waals surface area contributed by atoms with Crippen molar-refractivity contribution in [1.29, 1.82) is 0 Å². The van der Waals surface area contributed by atoms with Gasteiger partial charge in [-0.25, -0.2) is 18.4 Å². The number of nitrogens with zero attached hydrogens (tertiary/aromatic N) is 2. The third-order valence-corrected chi connectivity index (χ3v) is 2.55. The fourth-order valence-corrected chi connectivity index (χ4v) is 1.76. The number of hydrogen-bond acceptors (Lipinski definition) is 5. The number of aromatic nitrogens is 2. The van der Waals surface area contributed by atoms with Crippen LogP contribution in [0.3, 0.4) is 0 Å². The molecule has 2 aromatic heterocycles. The lowest BCUT2D eigenvalue weighted by Gasteiger charge is -1.95. The number of furan rings is 1. The SMILES string of the molecule is CS(=O)(=O)c1ncnc2ccoc12. The van der Waals surface area contributed by atoms with E-state index in [1.165, 1.54) is 12.6 Å². The summed E-state index contributed by atoms with van der Waals surface area (Å²) >= 11 is 0. The third-order valence-electron chi connectivity index (χ3n) is 1.56. The van der Waals surface area contributed by atoms with Gasteiger partial charge >= 0.3 is 0 Å². The summed E-state index contributed by atoms with van der Waals surface area (Å²) in [5.41, 5.74) is 0.709. The summed E-state index contributed by atoms with van der Waals surface area (Å²) in [6, 6.07) is 1.59. The van der Waals surface area contributed by atoms with E-state index in [1.807, 2.05) is 0 Å². The minimum absolute atomic E-state index is 0.0671. The Morgan fingerprint density at radius 2 is 2.15 bits per heavy atom. The lowest BCUT2D eigenvalue weighted by atomic mass is 10.5. The van der Waals surface area contributed by atoms with Crippen LogP contribution in [0.5, 0.6) is 0 Å². The first kappa shape index (κ1) is 8.18. The van der Waals surface area contributed by atoms with Crippen molar-refractivity contribution in [3.63, 3.8) is 0 Å². The fraction of sp³-hybridized carbons (Fsp3) is 0.143. The number of fused-ring (bicyclic) bond motifs is 1. The van der Waals surface area contributed by atoms with E-state index in [1.54, 1.807) is 6.07 Å². The Hall–Kier alpha value is -1.43. The molecule has 6 heteroatoms. The van der Waals surface area contributed by atoms with Crippen molar-refractivity contribution in [3.05, 3.63) is 18.7 Å². The second-order valence-corrected chi connectivity index (χ2v) is 4.52. The summed E-state index contributed by atoms with van der Waals surface area (Å²) in [5.74, 6) is 0. The molecular formula is C7H6N2O3S. The van der Waals surface area contributed by atoms with Gasteiger partial charge in [0.05, 0.1) is 6.26 Å². The van der Waals surface area contributed by atoms with Gasteiger partial charge in [0.15, 0.2) is 15.4 Å². The molecule has 0 aliphatic rings. The maximum Gasteiger partial charge on any atom is 0.201 e. The predicted octanol–water partition coefficient (Wildman–Crippen LogP) is 0.626. The molecular weight excluding hydrogens is 192 g/mol. The molecule has 0 amide bonds. The average Bonchev–Trinajstić information content (AvgIpc) is 2.48. The van der Waals surface area contributed by atoms with Crippen molar-refractivity contribution in [2.45, 2.75) is 5.03 Å². The smallest absolute Gasteiger partial charge is 0.201 e. The summed E-state index contributed by atoms with van der Waals surface area (Å²) in [5, 5.41) is -0.0671. The zero-order valence-electron chi connectivity index (χ0n) is 6.76. The lowest BCUT2D eigenvalue weighted by Crippen LogP contribution is -2.01. The van der Waals surface area contributed by atoms with Crippen LogP contribution in [0.2, 0.25) is 0 Å². The molecule has 0 N–H and O–H groups in total. The summed E-state index contributed by atoms with van der Waals surface area (Å²) in [6.45, 7) is 0. The fourth-order valence-electron chi connectivity index (χ4n) is 1.03. The highest BCUT2D eigenvalue weighted by Gasteiger charge is 2.16. The van der Waals surface area contributed by atoms with Crippen LogP contribution in [-0.4, -0.2) is 24.6 Å². The Kier molecular flexibility index (Phi) is 1.59. The Balaban J connectivity index is 2.91. The van der Waals surface area contributed by atoms with E-state index in [-0.39, 0.29) is 10.6 Å². The van der Waals surface area contributed by atoms with Gasteiger partial charge in [-0.3, -0.25) is 0 Å². The van der Waals surface area contributed by atoms with Gasteiger partial charge in [-0.2, -0.15) is 0 Å². The van der Waals surface area contributed by atoms with Crippen LogP contribution in [0, 0.1) is 0 Å². The van der Waals surface area contributed by atoms with E-state index in [0.717, 1.165) is 6.26 Å². The van der Waals surface area contributed by atoms with Gasteiger partial charge in [0.25, 0.3) is 0 Å². The van der Waals surface area contributed by atoms with Crippen LogP contribution in [0.25, 0.3) is 11.1 Å². The number of rotatable bonds is 1. The van der Waals surface area contributed by atoms with E-state index < -0.39 is 9.84 Å². The molecule has 68 valence electrons. The Morgan fingerprint density at radius 3 is 2.85 bits per heavy atom. The molecule has 0 fully saturated rings. The molecule has 2 heterocycles. The highest BCUT2D eigenvalue weighted by molar-refractivity contribution is 7.90. The van der Waals surface area contributed by atoms with Crippen molar-refractivity contribution in [2.75, 3.05) is 6.26 Å². The predicted molar refractivity (Wildman–Crippen MR) is 44.9 cm³/mol. The summed E-state index contributed by atoms with van der Waals surface area (Å²) in [7, 11) is -3.34. The van der Waals surface area contributed by atoms with Gasteiger partial charge in [-0.1, -0.05) is 0 Å². The van der Waals surface area contributed by atoms with Crippen LogP contribution in [-0.2, 0) is 9.84 Å². The molecule has 0 aromatic carbocycles. The molecule has 0 aliphatic carbocycles. The standard InChI is InChI=1S/C7H6N2O3S/c1-13(10,11)7-6-5(2-3-12-6)8-4-9-7/h2-4H,1H3. The van der Waals surface area contributed by atoms with Crippen LogP contribution >= 0.6 is 0 Å². The average molecular weight is 198 g/mol. The molecule has 0 saturated heterocycles. The molecule has 0 atom stereocenters. The first-order valence-electron chi connectivity index (χ1n) is 3.47. The lowest BCUT2D eigenvalue weighted by molar-refractivity contribution is 0.581. The quantitative estimate of drug-likeness (QED) is 0.628. The van der Waals surface area contributed by atoms with Gasteiger partial charge in [0.2, 0.25) is 5.03 Å². The van der Waals surface area contributed by atoms with Crippen LogP contribution in [0.1, 0.15) is 0 Å². The number of hydrogen-bond donors (Lipinski definition) is 0. The molecule has 0 radical (unpaired) electrons. The van der Waals surface area contributed by atoms with Gasteiger partial charge in [-0.15, -0.1) is 0 Å². The van der Waals surface area contributed by atoms with Crippen molar-refractivity contribution in [3.8, 4) is 0 Å². The highest BCUT2D eigenvalue weighted by Crippen LogP contribution is 2.18. The van der Waals surface area contributed by atoms with Crippen LogP contribution in [0.15, 0.2) is 28.1 Å².